The van der Waals surface area contributed by atoms with E-state index < -0.39 is 53.1 Å². The molecule has 0 aromatic carbocycles. The highest BCUT2D eigenvalue weighted by atomic mass is 16.7. The maximum atomic E-state index is 14.6. The predicted molar refractivity (Wildman–Crippen MR) is 172 cm³/mol. The molecule has 5 aliphatic heterocycles. The molecule has 5 fully saturated rings. The zero-order valence-electron chi connectivity index (χ0n) is 30.0. The smallest absolute Gasteiger partial charge is 0.319 e. The molecule has 264 valence electrons. The van der Waals surface area contributed by atoms with Gasteiger partial charge < -0.3 is 38.6 Å². The first-order chi connectivity index (χ1) is 21.4. The van der Waals surface area contributed by atoms with Crippen molar-refractivity contribution in [3.63, 3.8) is 0 Å². The number of likely N-dealkylation sites (N-methyl/N-ethyl adjacent to an activating group) is 1. The van der Waals surface area contributed by atoms with E-state index in [9.17, 15) is 19.5 Å². The van der Waals surface area contributed by atoms with Gasteiger partial charge in [-0.3, -0.25) is 14.4 Å². The minimum Gasteiger partial charge on any atom is -0.457 e. The summed E-state index contributed by atoms with van der Waals surface area (Å²) in [7, 11) is 3.84. The molecule has 46 heavy (non-hydrogen) atoms. The van der Waals surface area contributed by atoms with Gasteiger partial charge in [0, 0.05) is 37.1 Å². The molecule has 1 N–H and O–H groups in total. The lowest BCUT2D eigenvalue weighted by atomic mass is 9.70. The highest BCUT2D eigenvalue weighted by Crippen LogP contribution is 2.46. The molecule has 0 aliphatic carbocycles. The summed E-state index contributed by atoms with van der Waals surface area (Å²) < 4.78 is 31.9. The summed E-state index contributed by atoms with van der Waals surface area (Å²) >= 11 is 0. The largest absolute Gasteiger partial charge is 0.457 e. The first kappa shape index (κ1) is 37.2. The molecule has 0 amide bonds. The Bertz CT molecular complexity index is 1120. The fourth-order valence-corrected chi connectivity index (χ4v) is 8.86. The van der Waals surface area contributed by atoms with Crippen LogP contribution in [0.1, 0.15) is 94.4 Å². The van der Waals surface area contributed by atoms with E-state index in [1.807, 2.05) is 46.7 Å². The molecule has 13 atom stereocenters. The fourth-order valence-electron chi connectivity index (χ4n) is 8.86. The van der Waals surface area contributed by atoms with E-state index in [0.717, 1.165) is 6.54 Å². The Kier molecular flexibility index (Phi) is 11.4. The van der Waals surface area contributed by atoms with Crippen LogP contribution in [0.2, 0.25) is 0 Å². The minimum atomic E-state index is -1.53. The number of ketones is 1. The second-order valence-corrected chi connectivity index (χ2v) is 15.4. The average molecular weight is 653 g/mol. The van der Waals surface area contributed by atoms with Gasteiger partial charge in [0.2, 0.25) is 0 Å². The highest BCUT2D eigenvalue weighted by Gasteiger charge is 2.59. The van der Waals surface area contributed by atoms with Crippen molar-refractivity contribution in [3.05, 3.63) is 0 Å². The molecule has 2 bridgehead atoms. The highest BCUT2D eigenvalue weighted by molar-refractivity contribution is 6.04. The van der Waals surface area contributed by atoms with E-state index in [-0.39, 0.29) is 61.2 Å². The van der Waals surface area contributed by atoms with Crippen LogP contribution < -0.4 is 0 Å². The summed E-state index contributed by atoms with van der Waals surface area (Å²) in [5.74, 6) is -2.15. The van der Waals surface area contributed by atoms with Crippen LogP contribution in [0.25, 0.3) is 0 Å². The quantitative estimate of drug-likeness (QED) is 0.346. The Labute approximate surface area is 275 Å². The first-order valence-electron chi connectivity index (χ1n) is 17.4. The zero-order valence-corrected chi connectivity index (χ0v) is 30.0. The van der Waals surface area contributed by atoms with E-state index in [2.05, 4.69) is 25.7 Å². The van der Waals surface area contributed by atoms with Crippen LogP contribution >= 0.6 is 0 Å². The Morgan fingerprint density at radius 3 is 2.35 bits per heavy atom. The van der Waals surface area contributed by atoms with Gasteiger partial charge in [-0.2, -0.15) is 0 Å². The topological polar surface area (TPSA) is 124 Å². The summed E-state index contributed by atoms with van der Waals surface area (Å²) in [6.45, 7) is 19.1. The average Bonchev–Trinajstić information content (AvgIpc) is 3.30. The Hall–Kier alpha value is -1.63. The number of ether oxygens (including phenoxy) is 5. The lowest BCUT2D eigenvalue weighted by molar-refractivity contribution is -0.300. The van der Waals surface area contributed by atoms with Crippen LogP contribution in [0.3, 0.4) is 0 Å². The number of Topliss-reactive ketones (excluding diaryl/α,β-unsaturated/α-hetero) is 1. The van der Waals surface area contributed by atoms with Gasteiger partial charge in [-0.1, -0.05) is 27.7 Å². The standard InChI is InChI=1S/C35H60N2O9/c1-12-26-35(9)24(17-27(38)46-35)23(6)37(13-2)19-20(3)18-34(8)30(45-31-28(39)25(36(10)11)16-21(4)43-31)22(5)29(40)33(7,14-15-42-34)32(41)44-26/h20-26,28,30-31,39H,12-19H2,1-11H3/t20-,21?,22+,23-,24-,25?,26-,28?,30-,31+,33+,34-,35+/m1/s1. The van der Waals surface area contributed by atoms with Gasteiger partial charge in [0.1, 0.15) is 17.6 Å². The molecule has 0 aromatic rings. The molecule has 0 saturated carbocycles. The van der Waals surface area contributed by atoms with Crippen molar-refractivity contribution in [3.8, 4) is 0 Å². The maximum Gasteiger partial charge on any atom is 0.319 e. The molecule has 5 rings (SSSR count). The fraction of sp³-hybridized carbons (Fsp3) is 0.914. The van der Waals surface area contributed by atoms with Crippen molar-refractivity contribution in [2.75, 3.05) is 33.8 Å². The molecule has 11 nitrogen and oxygen atoms in total. The van der Waals surface area contributed by atoms with E-state index in [4.69, 9.17) is 23.7 Å². The third-order valence-electron chi connectivity index (χ3n) is 11.6. The molecule has 0 radical (unpaired) electrons. The van der Waals surface area contributed by atoms with E-state index in [0.29, 0.717) is 25.8 Å². The van der Waals surface area contributed by atoms with Crippen molar-refractivity contribution in [1.82, 2.24) is 9.80 Å². The molecule has 5 saturated heterocycles. The Morgan fingerprint density at radius 1 is 1.07 bits per heavy atom. The van der Waals surface area contributed by atoms with Crippen molar-refractivity contribution in [2.24, 2.45) is 23.2 Å². The van der Waals surface area contributed by atoms with Crippen molar-refractivity contribution in [1.29, 1.82) is 0 Å². The van der Waals surface area contributed by atoms with Crippen LogP contribution in [0.5, 0.6) is 0 Å². The van der Waals surface area contributed by atoms with Crippen molar-refractivity contribution >= 4 is 17.7 Å². The summed E-state index contributed by atoms with van der Waals surface area (Å²) in [5, 5.41) is 11.4. The van der Waals surface area contributed by atoms with Crippen LogP contribution in [0, 0.1) is 23.2 Å². The predicted octanol–water partition coefficient (Wildman–Crippen LogP) is 3.58. The molecular formula is C35H60N2O9. The van der Waals surface area contributed by atoms with Crippen LogP contribution in [0.15, 0.2) is 0 Å². The number of carbonyl (C=O) groups excluding carboxylic acids is 3. The van der Waals surface area contributed by atoms with Gasteiger partial charge in [-0.15, -0.1) is 0 Å². The maximum absolute atomic E-state index is 14.6. The van der Waals surface area contributed by atoms with Gasteiger partial charge in [0.05, 0.1) is 24.2 Å². The molecule has 11 heteroatoms. The number of aliphatic hydroxyl groups excluding tert-OH is 1. The molecular weight excluding hydrogens is 592 g/mol. The lowest BCUT2D eigenvalue weighted by Gasteiger charge is -2.49. The third-order valence-corrected chi connectivity index (χ3v) is 11.6. The minimum absolute atomic E-state index is 0.0479. The number of carbonyl (C=O) groups is 3. The van der Waals surface area contributed by atoms with E-state index in [1.165, 1.54) is 0 Å². The van der Waals surface area contributed by atoms with E-state index in [1.54, 1.807) is 13.8 Å². The van der Waals surface area contributed by atoms with Gasteiger partial charge in [0.25, 0.3) is 0 Å². The van der Waals surface area contributed by atoms with Gasteiger partial charge in [-0.05, 0) is 86.9 Å². The van der Waals surface area contributed by atoms with E-state index >= 15 is 0 Å². The van der Waals surface area contributed by atoms with Gasteiger partial charge in [-0.25, -0.2) is 0 Å². The Balaban J connectivity index is 1.80. The summed E-state index contributed by atoms with van der Waals surface area (Å²) in [6.07, 6.45) is -1.67. The number of esters is 2. The van der Waals surface area contributed by atoms with Gasteiger partial charge >= 0.3 is 11.9 Å². The Morgan fingerprint density at radius 2 is 1.74 bits per heavy atom. The van der Waals surface area contributed by atoms with Crippen molar-refractivity contribution < 1.29 is 43.2 Å². The number of fused-ring (bicyclic) bond motifs is 10. The van der Waals surface area contributed by atoms with Crippen LogP contribution in [0.4, 0.5) is 0 Å². The molecule has 0 aromatic heterocycles. The number of rotatable bonds is 5. The third kappa shape index (κ3) is 6.92. The number of hydrogen-bond donors (Lipinski definition) is 1. The van der Waals surface area contributed by atoms with Crippen LogP contribution in [-0.2, 0) is 38.1 Å². The number of aliphatic hydroxyl groups is 1. The molecule has 5 aliphatic rings. The second-order valence-electron chi connectivity index (χ2n) is 15.4. The number of nitrogens with zero attached hydrogens (tertiary/aromatic N) is 2. The summed E-state index contributed by atoms with van der Waals surface area (Å²) in [4.78, 5) is 45.9. The van der Waals surface area contributed by atoms with Gasteiger partial charge in [0.15, 0.2) is 17.7 Å². The molecule has 3 unspecified atom stereocenters. The zero-order chi connectivity index (χ0) is 34.4. The van der Waals surface area contributed by atoms with Crippen molar-refractivity contribution in [2.45, 2.75) is 148 Å². The summed E-state index contributed by atoms with van der Waals surface area (Å²) in [5.41, 5.74) is -3.51. The number of hydrogen-bond acceptors (Lipinski definition) is 11. The normalized spacial score (nSPS) is 46.7. The summed E-state index contributed by atoms with van der Waals surface area (Å²) in [6, 6.07) is -0.241. The first-order valence-corrected chi connectivity index (χ1v) is 17.4. The monoisotopic (exact) mass is 652 g/mol. The van der Waals surface area contributed by atoms with Crippen LogP contribution in [-0.4, -0.2) is 120 Å². The lowest BCUT2D eigenvalue weighted by Crippen LogP contribution is -2.61. The molecule has 0 spiro atoms. The second kappa shape index (κ2) is 14.1. The SMILES string of the molecule is CC[C@H]1OC(=O)[C@@]2(C)CCO[C@](C)(C[C@@H](C)CN(CC)[C@H](C)[C@H]3CC(=O)O[C@@]31C)[C@H](O[C@@H]1OC(C)CC(N(C)C)C1O)[C@@H](C)C2=O. The molecule has 5 heterocycles.